The quantitative estimate of drug-likeness (QED) is 0.810. The van der Waals surface area contributed by atoms with Gasteiger partial charge in [-0.15, -0.1) is 0 Å². The molecule has 0 N–H and O–H groups in total. The fourth-order valence-corrected chi connectivity index (χ4v) is 2.24. The summed E-state index contributed by atoms with van der Waals surface area (Å²) >= 11 is 3.45. The third-order valence-electron chi connectivity index (χ3n) is 2.59. The zero-order chi connectivity index (χ0) is 12.6. The number of hydrogen-bond donors (Lipinski definition) is 0. The molecule has 0 aliphatic rings. The lowest BCUT2D eigenvalue weighted by molar-refractivity contribution is 0.101. The molecule has 17 heavy (non-hydrogen) atoms. The molecule has 2 rings (SSSR count). The maximum Gasteiger partial charge on any atom is 0.180 e. The predicted molar refractivity (Wildman–Crippen MR) is 72.3 cm³/mol. The summed E-state index contributed by atoms with van der Waals surface area (Å²) in [5.41, 5.74) is 1.58. The summed E-state index contributed by atoms with van der Waals surface area (Å²) < 4.78 is 2.92. The number of halogens is 1. The first-order valence-corrected chi connectivity index (χ1v) is 6.45. The van der Waals surface area contributed by atoms with E-state index in [-0.39, 0.29) is 5.78 Å². The number of carbonyl (C=O) groups excluding carboxylic acids is 1. The number of ketones is 1. The van der Waals surface area contributed by atoms with Gasteiger partial charge in [-0.2, -0.15) is 5.10 Å². The van der Waals surface area contributed by atoms with E-state index in [1.165, 1.54) is 0 Å². The molecular weight excluding hydrogens is 280 g/mol. The number of nitrogens with zero attached hydrogens (tertiary/aromatic N) is 2. The van der Waals surface area contributed by atoms with Crippen LogP contribution < -0.4 is 0 Å². The number of hydrogen-bond acceptors (Lipinski definition) is 2. The Morgan fingerprint density at radius 2 is 2.18 bits per heavy atom. The molecule has 0 aliphatic carbocycles. The van der Waals surface area contributed by atoms with Crippen LogP contribution in [0.5, 0.6) is 0 Å². The Kier molecular flexibility index (Phi) is 3.33. The highest BCUT2D eigenvalue weighted by atomic mass is 79.9. The van der Waals surface area contributed by atoms with Crippen molar-refractivity contribution in [2.24, 2.45) is 5.92 Å². The predicted octanol–water partition coefficient (Wildman–Crippen LogP) is 3.66. The molecule has 3 nitrogen and oxygen atoms in total. The summed E-state index contributed by atoms with van der Waals surface area (Å²) in [6, 6.07) is 5.90. The Morgan fingerprint density at radius 3 is 2.76 bits per heavy atom. The SMILES string of the molecule is CC(=O)c1nn(CC(C)C)c2cc(Br)ccc12. The van der Waals surface area contributed by atoms with Gasteiger partial charge in [-0.25, -0.2) is 0 Å². The van der Waals surface area contributed by atoms with Crippen LogP contribution in [0.4, 0.5) is 0 Å². The number of Topliss-reactive ketones (excluding diaryl/α,β-unsaturated/α-hetero) is 1. The van der Waals surface area contributed by atoms with E-state index in [9.17, 15) is 4.79 Å². The third kappa shape index (κ3) is 2.41. The zero-order valence-electron chi connectivity index (χ0n) is 10.2. The van der Waals surface area contributed by atoms with Crippen molar-refractivity contribution in [3.8, 4) is 0 Å². The van der Waals surface area contributed by atoms with Crippen LogP contribution in [0.15, 0.2) is 22.7 Å². The van der Waals surface area contributed by atoms with E-state index in [1.807, 2.05) is 22.9 Å². The van der Waals surface area contributed by atoms with Crippen molar-refractivity contribution in [3.63, 3.8) is 0 Å². The van der Waals surface area contributed by atoms with E-state index >= 15 is 0 Å². The first-order valence-electron chi connectivity index (χ1n) is 5.66. The van der Waals surface area contributed by atoms with Crippen LogP contribution in [-0.2, 0) is 6.54 Å². The smallest absolute Gasteiger partial charge is 0.180 e. The molecule has 0 amide bonds. The molecular formula is C13H15BrN2O. The summed E-state index contributed by atoms with van der Waals surface area (Å²) in [7, 11) is 0. The summed E-state index contributed by atoms with van der Waals surface area (Å²) in [6.07, 6.45) is 0. The minimum atomic E-state index is 0.0137. The monoisotopic (exact) mass is 294 g/mol. The van der Waals surface area contributed by atoms with E-state index < -0.39 is 0 Å². The van der Waals surface area contributed by atoms with E-state index in [2.05, 4.69) is 34.9 Å². The van der Waals surface area contributed by atoms with Crippen LogP contribution in [0.3, 0.4) is 0 Å². The van der Waals surface area contributed by atoms with Gasteiger partial charge in [0, 0.05) is 23.3 Å². The van der Waals surface area contributed by atoms with Crippen molar-refractivity contribution in [1.82, 2.24) is 9.78 Å². The number of rotatable bonds is 3. The van der Waals surface area contributed by atoms with E-state index in [4.69, 9.17) is 0 Å². The lowest BCUT2D eigenvalue weighted by Gasteiger charge is -2.06. The average Bonchev–Trinajstić information content (AvgIpc) is 2.56. The molecule has 0 unspecified atom stereocenters. The Bertz CT molecular complexity index is 572. The fourth-order valence-electron chi connectivity index (χ4n) is 1.89. The van der Waals surface area contributed by atoms with Crippen LogP contribution in [0.2, 0.25) is 0 Å². The van der Waals surface area contributed by atoms with Gasteiger partial charge < -0.3 is 0 Å². The second-order valence-corrected chi connectivity index (χ2v) is 5.56. The van der Waals surface area contributed by atoms with Gasteiger partial charge in [0.05, 0.1) is 5.52 Å². The first kappa shape index (κ1) is 12.3. The van der Waals surface area contributed by atoms with Crippen LogP contribution in [0, 0.1) is 5.92 Å². The van der Waals surface area contributed by atoms with Gasteiger partial charge in [-0.3, -0.25) is 9.48 Å². The van der Waals surface area contributed by atoms with Crippen LogP contribution in [-0.4, -0.2) is 15.6 Å². The van der Waals surface area contributed by atoms with Crippen molar-refractivity contribution in [1.29, 1.82) is 0 Å². The topological polar surface area (TPSA) is 34.9 Å². The molecule has 0 saturated heterocycles. The van der Waals surface area contributed by atoms with E-state index in [1.54, 1.807) is 6.92 Å². The highest BCUT2D eigenvalue weighted by Gasteiger charge is 2.14. The molecule has 4 heteroatoms. The van der Waals surface area contributed by atoms with E-state index in [0.717, 1.165) is 21.9 Å². The maximum absolute atomic E-state index is 11.6. The molecule has 0 fully saturated rings. The number of aromatic nitrogens is 2. The van der Waals surface area contributed by atoms with E-state index in [0.29, 0.717) is 11.6 Å². The van der Waals surface area contributed by atoms with Crippen LogP contribution >= 0.6 is 15.9 Å². The molecule has 1 aromatic heterocycles. The second-order valence-electron chi connectivity index (χ2n) is 4.64. The van der Waals surface area contributed by atoms with Crippen molar-refractivity contribution >= 4 is 32.6 Å². The molecule has 0 atom stereocenters. The third-order valence-corrected chi connectivity index (χ3v) is 3.08. The molecule has 0 bridgehead atoms. The fraction of sp³-hybridized carbons (Fsp3) is 0.385. The van der Waals surface area contributed by atoms with Gasteiger partial charge in [0.15, 0.2) is 5.78 Å². The molecule has 2 aromatic rings. The highest BCUT2D eigenvalue weighted by Crippen LogP contribution is 2.24. The molecule has 0 aliphatic heterocycles. The minimum Gasteiger partial charge on any atom is -0.293 e. The molecule has 0 radical (unpaired) electrons. The minimum absolute atomic E-state index is 0.0137. The van der Waals surface area contributed by atoms with Gasteiger partial charge in [-0.1, -0.05) is 29.8 Å². The molecule has 1 heterocycles. The summed E-state index contributed by atoms with van der Waals surface area (Å²) in [5, 5.41) is 5.35. The normalized spacial score (nSPS) is 11.4. The Labute approximate surface area is 109 Å². The Morgan fingerprint density at radius 1 is 1.47 bits per heavy atom. The number of carbonyl (C=O) groups is 1. The summed E-state index contributed by atoms with van der Waals surface area (Å²) in [6.45, 7) is 6.65. The highest BCUT2D eigenvalue weighted by molar-refractivity contribution is 9.10. The van der Waals surface area contributed by atoms with Crippen molar-refractivity contribution < 1.29 is 4.79 Å². The standard InChI is InChI=1S/C13H15BrN2O/c1-8(2)7-16-12-6-10(14)4-5-11(12)13(15-16)9(3)17/h4-6,8H,7H2,1-3H3. The van der Waals surface area contributed by atoms with Gasteiger partial charge in [-0.05, 0) is 24.1 Å². The Balaban J connectivity index is 2.66. The van der Waals surface area contributed by atoms with Gasteiger partial charge in [0.1, 0.15) is 5.69 Å². The maximum atomic E-state index is 11.6. The number of fused-ring (bicyclic) bond motifs is 1. The molecule has 1 aromatic carbocycles. The molecule has 0 spiro atoms. The van der Waals surface area contributed by atoms with Crippen molar-refractivity contribution in [2.45, 2.75) is 27.3 Å². The number of benzene rings is 1. The second kappa shape index (κ2) is 4.61. The van der Waals surface area contributed by atoms with Crippen LogP contribution in [0.1, 0.15) is 31.3 Å². The molecule has 90 valence electrons. The first-order chi connectivity index (χ1) is 7.99. The van der Waals surface area contributed by atoms with Gasteiger partial charge in [0.2, 0.25) is 0 Å². The van der Waals surface area contributed by atoms with Gasteiger partial charge in [0.25, 0.3) is 0 Å². The lowest BCUT2D eigenvalue weighted by atomic mass is 10.1. The van der Waals surface area contributed by atoms with Crippen molar-refractivity contribution in [2.75, 3.05) is 0 Å². The van der Waals surface area contributed by atoms with Crippen molar-refractivity contribution in [3.05, 3.63) is 28.4 Å². The Hall–Kier alpha value is -1.16. The van der Waals surface area contributed by atoms with Crippen LogP contribution in [0.25, 0.3) is 10.9 Å². The lowest BCUT2D eigenvalue weighted by Crippen LogP contribution is -2.07. The molecule has 0 saturated carbocycles. The summed E-state index contributed by atoms with van der Waals surface area (Å²) in [4.78, 5) is 11.6. The zero-order valence-corrected chi connectivity index (χ0v) is 11.8. The summed E-state index contributed by atoms with van der Waals surface area (Å²) in [5.74, 6) is 0.511. The largest absolute Gasteiger partial charge is 0.293 e. The average molecular weight is 295 g/mol. The van der Waals surface area contributed by atoms with Gasteiger partial charge >= 0.3 is 0 Å².